The van der Waals surface area contributed by atoms with E-state index in [-0.39, 0.29) is 21.8 Å². The van der Waals surface area contributed by atoms with Gasteiger partial charge in [0.15, 0.2) is 5.65 Å². The van der Waals surface area contributed by atoms with Crippen LogP contribution in [0.5, 0.6) is 0 Å². The zero-order valence-electron chi connectivity index (χ0n) is 11.8. The lowest BCUT2D eigenvalue weighted by atomic mass is 10.1. The Bertz CT molecular complexity index is 1020. The molecule has 0 bridgehead atoms. The van der Waals surface area contributed by atoms with E-state index in [0.717, 1.165) is 10.2 Å². The van der Waals surface area contributed by atoms with E-state index in [1.165, 1.54) is 30.5 Å². The van der Waals surface area contributed by atoms with Gasteiger partial charge in [-0.1, -0.05) is 30.9 Å². The van der Waals surface area contributed by atoms with E-state index >= 15 is 0 Å². The predicted molar refractivity (Wildman–Crippen MR) is 85.5 cm³/mol. The Balaban J connectivity index is 2.30. The average molecular weight is 329 g/mol. The molecule has 0 saturated heterocycles. The third-order valence-corrected chi connectivity index (χ3v) is 5.08. The van der Waals surface area contributed by atoms with Crippen LogP contribution in [0.2, 0.25) is 0 Å². The first-order chi connectivity index (χ1) is 11.0. The molecule has 0 saturated carbocycles. The molecule has 0 aliphatic carbocycles. The van der Waals surface area contributed by atoms with Crippen molar-refractivity contribution in [3.05, 3.63) is 71.0 Å². The molecule has 0 N–H and O–H groups in total. The summed E-state index contributed by atoms with van der Waals surface area (Å²) in [6.07, 6.45) is 3.69. The maximum atomic E-state index is 12.7. The largest absolute Gasteiger partial charge is 0.295 e. The van der Waals surface area contributed by atoms with Crippen molar-refractivity contribution >= 4 is 32.8 Å². The number of pyridine rings is 1. The summed E-state index contributed by atoms with van der Waals surface area (Å²) >= 11 is 0. The first kappa shape index (κ1) is 14.9. The highest BCUT2D eigenvalue weighted by Crippen LogP contribution is 2.29. The second-order valence-electron chi connectivity index (χ2n) is 4.69. The van der Waals surface area contributed by atoms with Crippen LogP contribution in [0.3, 0.4) is 0 Å². The molecule has 0 radical (unpaired) electrons. The minimum atomic E-state index is -3.83. The molecule has 0 spiro atoms. The van der Waals surface area contributed by atoms with Gasteiger partial charge >= 0.3 is 0 Å². The standard InChI is InChI=1S/C15H11N3O4S/c1-2-12-13-8-9-17(15(13)16-10-14(12)18(19)20)23(21,22)11-6-4-3-5-7-11/h2-10H,1H2. The summed E-state index contributed by atoms with van der Waals surface area (Å²) in [6.45, 7) is 3.56. The van der Waals surface area contributed by atoms with Gasteiger partial charge in [0.25, 0.3) is 15.7 Å². The fourth-order valence-corrected chi connectivity index (χ4v) is 3.66. The molecule has 0 aliphatic heterocycles. The van der Waals surface area contributed by atoms with Crippen LogP contribution in [0.15, 0.2) is 60.3 Å². The highest BCUT2D eigenvalue weighted by atomic mass is 32.2. The normalized spacial score (nSPS) is 11.5. The molecular formula is C15H11N3O4S. The first-order valence-electron chi connectivity index (χ1n) is 6.54. The summed E-state index contributed by atoms with van der Waals surface area (Å²) in [6, 6.07) is 9.37. The molecule has 2 heterocycles. The third kappa shape index (κ3) is 2.29. The molecule has 0 unspecified atom stereocenters. The minimum Gasteiger partial charge on any atom is -0.258 e. The van der Waals surface area contributed by atoms with Gasteiger partial charge in [0.05, 0.1) is 15.4 Å². The molecule has 1 aromatic carbocycles. The van der Waals surface area contributed by atoms with Crippen LogP contribution >= 0.6 is 0 Å². The van der Waals surface area contributed by atoms with Crippen molar-refractivity contribution in [1.82, 2.24) is 8.96 Å². The molecular weight excluding hydrogens is 318 g/mol. The fraction of sp³-hybridized carbons (Fsp3) is 0. The lowest BCUT2D eigenvalue weighted by Gasteiger charge is -2.07. The van der Waals surface area contributed by atoms with Crippen LogP contribution in [0.25, 0.3) is 17.1 Å². The van der Waals surface area contributed by atoms with Crippen molar-refractivity contribution < 1.29 is 13.3 Å². The monoisotopic (exact) mass is 329 g/mol. The van der Waals surface area contributed by atoms with Gasteiger partial charge in [-0.25, -0.2) is 17.4 Å². The van der Waals surface area contributed by atoms with Gasteiger partial charge in [0, 0.05) is 11.6 Å². The summed E-state index contributed by atoms with van der Waals surface area (Å²) in [4.78, 5) is 14.5. The maximum Gasteiger partial charge on any atom is 0.295 e. The highest BCUT2D eigenvalue weighted by molar-refractivity contribution is 7.90. The van der Waals surface area contributed by atoms with Gasteiger partial charge in [-0.2, -0.15) is 0 Å². The van der Waals surface area contributed by atoms with E-state index in [1.54, 1.807) is 18.2 Å². The van der Waals surface area contributed by atoms with Crippen molar-refractivity contribution in [2.24, 2.45) is 0 Å². The van der Waals surface area contributed by atoms with Crippen molar-refractivity contribution in [3.63, 3.8) is 0 Å². The van der Waals surface area contributed by atoms with Crippen molar-refractivity contribution in [2.75, 3.05) is 0 Å². The highest BCUT2D eigenvalue weighted by Gasteiger charge is 2.23. The van der Waals surface area contributed by atoms with E-state index < -0.39 is 14.9 Å². The Morgan fingerprint density at radius 1 is 1.22 bits per heavy atom. The number of nitro groups is 1. The van der Waals surface area contributed by atoms with Crippen molar-refractivity contribution in [2.45, 2.75) is 4.90 Å². The molecule has 0 amide bonds. The quantitative estimate of drug-likeness (QED) is 0.542. The molecule has 0 aliphatic rings. The molecule has 0 atom stereocenters. The predicted octanol–water partition coefficient (Wildman–Crippen LogP) is 2.82. The molecule has 23 heavy (non-hydrogen) atoms. The summed E-state index contributed by atoms with van der Waals surface area (Å²) in [5, 5.41) is 11.4. The fourth-order valence-electron chi connectivity index (χ4n) is 2.33. The number of fused-ring (bicyclic) bond motifs is 1. The van der Waals surface area contributed by atoms with Gasteiger partial charge in [0.1, 0.15) is 6.20 Å². The molecule has 116 valence electrons. The minimum absolute atomic E-state index is 0.109. The van der Waals surface area contributed by atoms with Gasteiger partial charge in [0.2, 0.25) is 0 Å². The summed E-state index contributed by atoms with van der Waals surface area (Å²) in [7, 11) is -3.83. The van der Waals surface area contributed by atoms with Gasteiger partial charge in [-0.3, -0.25) is 10.1 Å². The lowest BCUT2D eigenvalue weighted by molar-refractivity contribution is -0.385. The Kier molecular flexibility index (Phi) is 3.45. The maximum absolute atomic E-state index is 12.7. The smallest absolute Gasteiger partial charge is 0.258 e. The SMILES string of the molecule is C=Cc1c([N+](=O)[O-])cnc2c1ccn2S(=O)(=O)c1ccccc1. The number of benzene rings is 1. The summed E-state index contributed by atoms with van der Waals surface area (Å²) in [5.41, 5.74) is 0.138. The molecule has 2 aromatic heterocycles. The number of nitrogens with zero attached hydrogens (tertiary/aromatic N) is 3. The third-order valence-electron chi connectivity index (χ3n) is 3.40. The van der Waals surface area contributed by atoms with Gasteiger partial charge in [-0.15, -0.1) is 0 Å². The van der Waals surface area contributed by atoms with Crippen LogP contribution in [-0.4, -0.2) is 22.3 Å². The molecule has 7 nitrogen and oxygen atoms in total. The molecule has 3 rings (SSSR count). The molecule has 3 aromatic rings. The number of hydrogen-bond acceptors (Lipinski definition) is 5. The Hall–Kier alpha value is -3.00. The number of rotatable bonds is 4. The van der Waals surface area contributed by atoms with E-state index in [9.17, 15) is 18.5 Å². The number of hydrogen-bond donors (Lipinski definition) is 0. The second kappa shape index (κ2) is 5.33. The lowest BCUT2D eigenvalue weighted by Crippen LogP contribution is -2.12. The van der Waals surface area contributed by atoms with E-state index in [2.05, 4.69) is 11.6 Å². The van der Waals surface area contributed by atoms with Gasteiger partial charge < -0.3 is 0 Å². The Morgan fingerprint density at radius 3 is 2.52 bits per heavy atom. The van der Waals surface area contributed by atoms with Crippen molar-refractivity contribution in [3.8, 4) is 0 Å². The van der Waals surface area contributed by atoms with Crippen LogP contribution in [-0.2, 0) is 10.0 Å². The van der Waals surface area contributed by atoms with E-state index in [1.807, 2.05) is 0 Å². The average Bonchev–Trinajstić information content (AvgIpc) is 2.99. The summed E-state index contributed by atoms with van der Waals surface area (Å²) in [5.74, 6) is 0. The van der Waals surface area contributed by atoms with Gasteiger partial charge in [-0.05, 0) is 18.2 Å². The van der Waals surface area contributed by atoms with Crippen LogP contribution < -0.4 is 0 Å². The summed E-state index contributed by atoms with van der Waals surface area (Å²) < 4.78 is 26.4. The van der Waals surface area contributed by atoms with Crippen molar-refractivity contribution in [1.29, 1.82) is 0 Å². The topological polar surface area (TPSA) is 95.1 Å². The molecule has 8 heteroatoms. The zero-order valence-corrected chi connectivity index (χ0v) is 12.6. The molecule has 0 fully saturated rings. The van der Waals surface area contributed by atoms with Crippen LogP contribution in [0.4, 0.5) is 5.69 Å². The Labute approximate surface area is 131 Å². The van der Waals surface area contributed by atoms with E-state index in [4.69, 9.17) is 0 Å². The van der Waals surface area contributed by atoms with Crippen LogP contribution in [0.1, 0.15) is 5.56 Å². The first-order valence-corrected chi connectivity index (χ1v) is 7.98. The van der Waals surface area contributed by atoms with E-state index in [0.29, 0.717) is 5.39 Å². The zero-order chi connectivity index (χ0) is 16.6. The number of aromatic nitrogens is 2. The Morgan fingerprint density at radius 2 is 1.91 bits per heavy atom. The van der Waals surface area contributed by atoms with Crippen LogP contribution in [0, 0.1) is 10.1 Å². The second-order valence-corrected chi connectivity index (χ2v) is 6.50.